The van der Waals surface area contributed by atoms with Crippen molar-refractivity contribution < 1.29 is 18.0 Å². The zero-order valence-electron chi connectivity index (χ0n) is 25.0. The Morgan fingerprint density at radius 1 is 0.818 bits per heavy atom. The number of para-hydroxylation sites is 1. The van der Waals surface area contributed by atoms with Crippen LogP contribution in [0.1, 0.15) is 36.5 Å². The lowest BCUT2D eigenvalue weighted by molar-refractivity contribution is -0.140. The van der Waals surface area contributed by atoms with E-state index < -0.39 is 28.5 Å². The van der Waals surface area contributed by atoms with Crippen LogP contribution in [0.5, 0.6) is 0 Å². The average molecular weight is 632 g/mol. The van der Waals surface area contributed by atoms with Crippen molar-refractivity contribution in [3.63, 3.8) is 0 Å². The van der Waals surface area contributed by atoms with Crippen molar-refractivity contribution in [2.75, 3.05) is 17.4 Å². The summed E-state index contributed by atoms with van der Waals surface area (Å²) in [5.41, 5.74) is 2.77. The lowest BCUT2D eigenvalue weighted by Gasteiger charge is -2.34. The molecule has 4 rings (SSSR count). The number of anilines is 1. The van der Waals surface area contributed by atoms with Gasteiger partial charge in [-0.1, -0.05) is 104 Å². The third-order valence-corrected chi connectivity index (χ3v) is 9.39. The summed E-state index contributed by atoms with van der Waals surface area (Å²) in [6.45, 7) is 3.94. The third-order valence-electron chi connectivity index (χ3n) is 7.36. The van der Waals surface area contributed by atoms with Crippen molar-refractivity contribution in [2.24, 2.45) is 0 Å². The lowest BCUT2D eigenvalue weighted by atomic mass is 10.0. The molecule has 1 atom stereocenters. The second kappa shape index (κ2) is 15.5. The Bertz CT molecular complexity index is 1630. The van der Waals surface area contributed by atoms with E-state index in [0.717, 1.165) is 28.3 Å². The van der Waals surface area contributed by atoms with Gasteiger partial charge in [0.25, 0.3) is 10.0 Å². The number of carbonyl (C=O) groups is 2. The topological polar surface area (TPSA) is 86.8 Å². The number of rotatable bonds is 14. The van der Waals surface area contributed by atoms with Gasteiger partial charge < -0.3 is 10.2 Å². The van der Waals surface area contributed by atoms with E-state index in [1.165, 1.54) is 29.2 Å². The number of nitrogens with one attached hydrogen (secondary N) is 1. The highest BCUT2D eigenvalue weighted by Crippen LogP contribution is 2.28. The van der Waals surface area contributed by atoms with E-state index in [0.29, 0.717) is 22.8 Å². The Kier molecular flexibility index (Phi) is 11.6. The summed E-state index contributed by atoms with van der Waals surface area (Å²) in [5.74, 6) is -0.782. The molecule has 0 unspecified atom stereocenters. The summed E-state index contributed by atoms with van der Waals surface area (Å²) >= 11 is 6.06. The maximum absolute atomic E-state index is 14.5. The fourth-order valence-corrected chi connectivity index (χ4v) is 6.54. The number of carbonyl (C=O) groups excluding carboxylic acids is 2. The van der Waals surface area contributed by atoms with E-state index in [2.05, 4.69) is 5.32 Å². The Labute approximate surface area is 265 Å². The second-order valence-electron chi connectivity index (χ2n) is 10.6. The Morgan fingerprint density at radius 3 is 2.02 bits per heavy atom. The first kappa shape index (κ1) is 32.8. The fourth-order valence-electron chi connectivity index (χ4n) is 4.93. The molecule has 0 aliphatic rings. The minimum Gasteiger partial charge on any atom is -0.354 e. The van der Waals surface area contributed by atoms with E-state index in [9.17, 15) is 18.0 Å². The van der Waals surface area contributed by atoms with E-state index in [1.807, 2.05) is 73.7 Å². The molecule has 0 aliphatic carbocycles. The van der Waals surface area contributed by atoms with Crippen LogP contribution in [0.4, 0.5) is 5.69 Å². The van der Waals surface area contributed by atoms with Crippen molar-refractivity contribution >= 4 is 39.1 Å². The molecule has 9 heteroatoms. The van der Waals surface area contributed by atoms with Gasteiger partial charge in [0, 0.05) is 24.5 Å². The number of nitrogens with zero attached hydrogens (tertiary/aromatic N) is 2. The quantitative estimate of drug-likeness (QED) is 0.163. The van der Waals surface area contributed by atoms with Crippen LogP contribution in [-0.2, 0) is 32.6 Å². The number of hydrogen-bond acceptors (Lipinski definition) is 4. The van der Waals surface area contributed by atoms with Crippen LogP contribution in [0.25, 0.3) is 0 Å². The van der Waals surface area contributed by atoms with Gasteiger partial charge in [-0.2, -0.15) is 0 Å². The minimum absolute atomic E-state index is 0.00528. The van der Waals surface area contributed by atoms with E-state index in [4.69, 9.17) is 11.6 Å². The zero-order chi connectivity index (χ0) is 31.5. The van der Waals surface area contributed by atoms with E-state index in [-0.39, 0.29) is 23.8 Å². The van der Waals surface area contributed by atoms with Crippen molar-refractivity contribution in [2.45, 2.75) is 50.6 Å². The summed E-state index contributed by atoms with van der Waals surface area (Å²) in [6.07, 6.45) is 1.98. The molecular weight excluding hydrogens is 594 g/mol. The third kappa shape index (κ3) is 8.49. The molecule has 0 spiro atoms. The Balaban J connectivity index is 1.78. The number of sulfonamides is 1. The molecule has 0 heterocycles. The van der Waals surface area contributed by atoms with Crippen LogP contribution in [0.3, 0.4) is 0 Å². The smallest absolute Gasteiger partial charge is 0.264 e. The van der Waals surface area contributed by atoms with Crippen LogP contribution in [0.2, 0.25) is 5.02 Å². The summed E-state index contributed by atoms with van der Waals surface area (Å²) in [7, 11) is -4.19. The summed E-state index contributed by atoms with van der Waals surface area (Å²) < 4.78 is 29.4. The van der Waals surface area contributed by atoms with Gasteiger partial charge in [-0.25, -0.2) is 8.42 Å². The van der Waals surface area contributed by atoms with Gasteiger partial charge in [0.05, 0.1) is 10.6 Å². The monoisotopic (exact) mass is 631 g/mol. The molecule has 0 saturated carbocycles. The molecule has 2 amide bonds. The predicted octanol–water partition coefficient (Wildman–Crippen LogP) is 6.40. The highest BCUT2D eigenvalue weighted by atomic mass is 35.5. The SMILES string of the molecule is CCCCNC(=O)[C@@H](Cc1ccccc1)N(Cc1ccccc1)C(=O)CN(c1ccccc1C)S(=O)(=O)c1ccc(Cl)cc1. The van der Waals surface area contributed by atoms with Gasteiger partial charge in [-0.3, -0.25) is 13.9 Å². The van der Waals surface area contributed by atoms with Crippen LogP contribution >= 0.6 is 11.6 Å². The molecule has 0 bridgehead atoms. The number of benzene rings is 4. The molecule has 4 aromatic carbocycles. The summed E-state index contributed by atoms with van der Waals surface area (Å²) in [6, 6.07) is 30.9. The maximum Gasteiger partial charge on any atom is 0.264 e. The van der Waals surface area contributed by atoms with Crippen molar-refractivity contribution in [1.29, 1.82) is 0 Å². The van der Waals surface area contributed by atoms with Gasteiger partial charge >= 0.3 is 0 Å². The first-order chi connectivity index (χ1) is 21.2. The first-order valence-corrected chi connectivity index (χ1v) is 16.5. The fraction of sp³-hybridized carbons (Fsp3) is 0.257. The van der Waals surface area contributed by atoms with E-state index >= 15 is 0 Å². The molecule has 4 aromatic rings. The number of amides is 2. The van der Waals surface area contributed by atoms with Crippen molar-refractivity contribution in [3.8, 4) is 0 Å². The van der Waals surface area contributed by atoms with Gasteiger partial charge in [-0.05, 0) is 60.4 Å². The highest BCUT2D eigenvalue weighted by molar-refractivity contribution is 7.92. The minimum atomic E-state index is -4.19. The predicted molar refractivity (Wildman–Crippen MR) is 176 cm³/mol. The molecule has 0 aliphatic heterocycles. The lowest BCUT2D eigenvalue weighted by Crippen LogP contribution is -2.53. The van der Waals surface area contributed by atoms with Crippen LogP contribution < -0.4 is 9.62 Å². The van der Waals surface area contributed by atoms with E-state index in [1.54, 1.807) is 25.1 Å². The molecular formula is C35H38ClN3O4S. The summed E-state index contributed by atoms with van der Waals surface area (Å²) in [4.78, 5) is 29.7. The number of aryl methyl sites for hydroxylation is 1. The van der Waals surface area contributed by atoms with Crippen LogP contribution in [-0.4, -0.2) is 44.3 Å². The van der Waals surface area contributed by atoms with Gasteiger partial charge in [0.15, 0.2) is 0 Å². The zero-order valence-corrected chi connectivity index (χ0v) is 26.6. The van der Waals surface area contributed by atoms with Crippen LogP contribution in [0.15, 0.2) is 114 Å². The normalized spacial score (nSPS) is 11.9. The Morgan fingerprint density at radius 2 is 1.41 bits per heavy atom. The molecule has 1 N–H and O–H groups in total. The molecule has 44 heavy (non-hydrogen) atoms. The highest BCUT2D eigenvalue weighted by Gasteiger charge is 2.35. The standard InChI is InChI=1S/C35H38ClN3O4S/c1-3-4-23-37-35(41)33(24-28-14-7-5-8-15-28)38(25-29-16-9-6-10-17-29)34(40)26-39(32-18-12-11-13-27(32)2)44(42,43)31-21-19-30(36)20-22-31/h5-22,33H,3-4,23-26H2,1-2H3,(H,37,41)/t33-/m1/s1. The molecule has 0 radical (unpaired) electrons. The summed E-state index contributed by atoms with van der Waals surface area (Å²) in [5, 5.41) is 3.40. The maximum atomic E-state index is 14.5. The van der Waals surface area contributed by atoms with Crippen molar-refractivity contribution in [3.05, 3.63) is 131 Å². The molecule has 230 valence electrons. The first-order valence-electron chi connectivity index (χ1n) is 14.7. The Hall–Kier alpha value is -4.14. The van der Waals surface area contributed by atoms with Gasteiger partial charge in [0.2, 0.25) is 11.8 Å². The van der Waals surface area contributed by atoms with Crippen molar-refractivity contribution in [1.82, 2.24) is 10.2 Å². The number of halogens is 1. The molecule has 7 nitrogen and oxygen atoms in total. The molecule has 0 fully saturated rings. The molecule has 0 aromatic heterocycles. The largest absolute Gasteiger partial charge is 0.354 e. The average Bonchev–Trinajstić information content (AvgIpc) is 3.03. The van der Waals surface area contributed by atoms with Gasteiger partial charge in [-0.15, -0.1) is 0 Å². The number of unbranched alkanes of at least 4 members (excludes halogenated alkanes) is 1. The van der Waals surface area contributed by atoms with Crippen LogP contribution in [0, 0.1) is 6.92 Å². The number of hydrogen-bond donors (Lipinski definition) is 1. The second-order valence-corrected chi connectivity index (χ2v) is 12.9. The van der Waals surface area contributed by atoms with Gasteiger partial charge in [0.1, 0.15) is 12.6 Å². The molecule has 0 saturated heterocycles.